The fraction of sp³-hybridized carbons (Fsp3) is 0.972. The Bertz CT molecular complexity index is 1060. The van der Waals surface area contributed by atoms with Crippen molar-refractivity contribution in [1.82, 2.24) is 0 Å². The lowest BCUT2D eigenvalue weighted by molar-refractivity contribution is -0.333. The fourth-order valence-electron chi connectivity index (χ4n) is 11.7. The van der Waals surface area contributed by atoms with E-state index in [2.05, 4.69) is 55.4 Å². The smallest absolute Gasteiger partial charge is 0.187 e. The Kier molecular flexibility index (Phi) is 9.32. The van der Waals surface area contributed by atoms with Gasteiger partial charge in [0.2, 0.25) is 0 Å². The van der Waals surface area contributed by atoms with Crippen molar-refractivity contribution in [2.24, 2.45) is 51.2 Å². The van der Waals surface area contributed by atoms with E-state index in [1.165, 1.54) is 0 Å². The Balaban J connectivity index is 1.48. The SMILES string of the molecule is CC(C)CCC[C@](C)(O[C@@H]1O[C@H](CO)[C@@H](O)[C@H](O)[C@H]1O)[C@H]1CC[C@]2(C)[C@@H]1C(=O)C[C@@H]1[C@@]3(C)CC[C@H](O)C(C)(C)[C@@H]3CC[C@]12C. The van der Waals surface area contributed by atoms with Crippen molar-refractivity contribution in [3.63, 3.8) is 0 Å². The van der Waals surface area contributed by atoms with Gasteiger partial charge in [-0.25, -0.2) is 0 Å². The Labute approximate surface area is 265 Å². The number of aliphatic hydroxyl groups is 5. The van der Waals surface area contributed by atoms with E-state index < -0.39 is 42.9 Å². The van der Waals surface area contributed by atoms with Gasteiger partial charge in [0, 0.05) is 12.3 Å². The summed E-state index contributed by atoms with van der Waals surface area (Å²) in [5, 5.41) is 52.7. The third-order valence-corrected chi connectivity index (χ3v) is 14.6. The first-order valence-corrected chi connectivity index (χ1v) is 17.6. The summed E-state index contributed by atoms with van der Waals surface area (Å²) in [6, 6.07) is 0. The van der Waals surface area contributed by atoms with Crippen LogP contribution >= 0.6 is 0 Å². The van der Waals surface area contributed by atoms with E-state index >= 15 is 0 Å². The number of hydrogen-bond donors (Lipinski definition) is 5. The monoisotopic (exact) mass is 622 g/mol. The Morgan fingerprint density at radius 1 is 0.909 bits per heavy atom. The molecule has 1 saturated heterocycles. The molecule has 0 spiro atoms. The van der Waals surface area contributed by atoms with Crippen molar-refractivity contribution in [2.45, 2.75) is 162 Å². The van der Waals surface area contributed by atoms with Gasteiger partial charge in [-0.15, -0.1) is 0 Å². The molecule has 5 N–H and O–H groups in total. The molecule has 5 aliphatic rings. The van der Waals surface area contributed by atoms with Gasteiger partial charge in [-0.2, -0.15) is 0 Å². The highest BCUT2D eigenvalue weighted by Crippen LogP contribution is 2.75. The van der Waals surface area contributed by atoms with E-state index in [4.69, 9.17) is 9.47 Å². The molecule has 4 aliphatic carbocycles. The predicted octanol–water partition coefficient (Wildman–Crippen LogP) is 4.61. The molecule has 0 aromatic heterocycles. The van der Waals surface area contributed by atoms with Gasteiger partial charge in [-0.05, 0) is 97.2 Å². The minimum atomic E-state index is -1.51. The van der Waals surface area contributed by atoms with Gasteiger partial charge in [-0.3, -0.25) is 4.79 Å². The van der Waals surface area contributed by atoms with Gasteiger partial charge >= 0.3 is 0 Å². The van der Waals surface area contributed by atoms with Gasteiger partial charge < -0.3 is 35.0 Å². The lowest BCUT2D eigenvalue weighted by atomic mass is 9.35. The molecule has 0 aromatic rings. The van der Waals surface area contributed by atoms with Crippen LogP contribution in [-0.2, 0) is 14.3 Å². The maximum atomic E-state index is 14.6. The van der Waals surface area contributed by atoms with E-state index in [1.807, 2.05) is 0 Å². The summed E-state index contributed by atoms with van der Waals surface area (Å²) in [5.74, 6) is 1.16. The van der Waals surface area contributed by atoms with Crippen LogP contribution in [0.1, 0.15) is 120 Å². The molecule has 0 radical (unpaired) electrons. The Hall–Kier alpha value is -0.610. The van der Waals surface area contributed by atoms with Crippen LogP contribution in [0.5, 0.6) is 0 Å². The molecule has 5 rings (SSSR count). The third kappa shape index (κ3) is 5.16. The van der Waals surface area contributed by atoms with Crippen LogP contribution in [0.15, 0.2) is 0 Å². The highest BCUT2D eigenvalue weighted by molar-refractivity contribution is 5.84. The second-order valence-electron chi connectivity index (χ2n) is 17.6. The zero-order valence-electron chi connectivity index (χ0n) is 28.6. The van der Waals surface area contributed by atoms with Crippen molar-refractivity contribution >= 4 is 5.78 Å². The van der Waals surface area contributed by atoms with Crippen LogP contribution in [0.2, 0.25) is 0 Å². The molecule has 0 unspecified atom stereocenters. The van der Waals surface area contributed by atoms with Crippen molar-refractivity contribution in [1.29, 1.82) is 0 Å². The van der Waals surface area contributed by atoms with Gasteiger partial charge in [0.1, 0.15) is 30.2 Å². The predicted molar refractivity (Wildman–Crippen MR) is 167 cm³/mol. The summed E-state index contributed by atoms with van der Waals surface area (Å²) in [4.78, 5) is 14.6. The van der Waals surface area contributed by atoms with Crippen LogP contribution < -0.4 is 0 Å². The maximum Gasteiger partial charge on any atom is 0.187 e. The molecule has 5 fully saturated rings. The first kappa shape index (κ1) is 34.7. The molecule has 8 heteroatoms. The zero-order valence-corrected chi connectivity index (χ0v) is 28.6. The maximum absolute atomic E-state index is 14.6. The van der Waals surface area contributed by atoms with Gasteiger partial charge in [-0.1, -0.05) is 61.3 Å². The Morgan fingerprint density at radius 3 is 2.20 bits per heavy atom. The number of carbonyl (C=O) groups is 1. The van der Waals surface area contributed by atoms with E-state index in [0.29, 0.717) is 30.5 Å². The van der Waals surface area contributed by atoms with E-state index in [1.54, 1.807) is 0 Å². The topological polar surface area (TPSA) is 137 Å². The minimum Gasteiger partial charge on any atom is -0.394 e. The van der Waals surface area contributed by atoms with Crippen LogP contribution in [-0.4, -0.2) is 80.3 Å². The molecule has 0 amide bonds. The van der Waals surface area contributed by atoms with Crippen LogP contribution in [0, 0.1) is 51.2 Å². The van der Waals surface area contributed by atoms with Crippen molar-refractivity contribution < 1.29 is 39.8 Å². The molecule has 0 bridgehead atoms. The molecule has 1 heterocycles. The number of carbonyl (C=O) groups excluding carboxylic acids is 1. The van der Waals surface area contributed by atoms with E-state index in [0.717, 1.165) is 51.4 Å². The van der Waals surface area contributed by atoms with Gasteiger partial charge in [0.15, 0.2) is 6.29 Å². The van der Waals surface area contributed by atoms with Gasteiger partial charge in [0.25, 0.3) is 0 Å². The number of hydrogen-bond acceptors (Lipinski definition) is 8. The van der Waals surface area contributed by atoms with Crippen LogP contribution in [0.3, 0.4) is 0 Å². The number of ether oxygens (including phenoxy) is 2. The van der Waals surface area contributed by atoms with Crippen molar-refractivity contribution in [3.8, 4) is 0 Å². The standard InChI is InChI=1S/C36H62O8/c1-20(2)10-9-14-36(8,44-31-30(42)29(41)28(40)23(19-37)43-31)21-11-16-35(7)27(21)22(38)18-25-33(5)15-13-26(39)32(3,4)24(33)12-17-34(25,35)6/h20-21,23-31,37,39-42H,9-19H2,1-8H3/t21-,23+,24-,25+,26-,27-,28+,29-,30+,31-,33-,34+,35+,36-/m0/s1. The number of fused-ring (bicyclic) bond motifs is 5. The number of aliphatic hydroxyl groups excluding tert-OH is 5. The first-order valence-electron chi connectivity index (χ1n) is 17.6. The van der Waals surface area contributed by atoms with Crippen molar-refractivity contribution in [2.75, 3.05) is 6.61 Å². The average Bonchev–Trinajstić information content (AvgIpc) is 3.33. The molecule has 14 atom stereocenters. The Morgan fingerprint density at radius 2 is 1.57 bits per heavy atom. The molecule has 254 valence electrons. The molecular formula is C36H62O8. The molecule has 44 heavy (non-hydrogen) atoms. The normalized spacial score (nSPS) is 50.1. The van der Waals surface area contributed by atoms with Crippen molar-refractivity contribution in [3.05, 3.63) is 0 Å². The average molecular weight is 623 g/mol. The summed E-state index contributed by atoms with van der Waals surface area (Å²) in [5.41, 5.74) is -1.26. The summed E-state index contributed by atoms with van der Waals surface area (Å²) in [6.45, 7) is 17.6. The zero-order chi connectivity index (χ0) is 32.6. The molecule has 8 nitrogen and oxygen atoms in total. The lowest BCUT2D eigenvalue weighted by Gasteiger charge is -2.69. The molecule has 1 aliphatic heterocycles. The highest BCUT2D eigenvalue weighted by Gasteiger charge is 2.71. The summed E-state index contributed by atoms with van der Waals surface area (Å²) in [6.07, 6.45) is 1.67. The number of Topliss-reactive ketones (excluding diaryl/α,β-unsaturated/α-hetero) is 1. The highest BCUT2D eigenvalue weighted by atomic mass is 16.7. The van der Waals surface area contributed by atoms with Crippen LogP contribution in [0.4, 0.5) is 0 Å². The summed E-state index contributed by atoms with van der Waals surface area (Å²) >= 11 is 0. The second-order valence-corrected chi connectivity index (χ2v) is 17.6. The summed E-state index contributed by atoms with van der Waals surface area (Å²) in [7, 11) is 0. The first-order chi connectivity index (χ1) is 20.4. The molecule has 4 saturated carbocycles. The minimum absolute atomic E-state index is 0.00908. The second kappa shape index (κ2) is 11.8. The van der Waals surface area contributed by atoms with E-state index in [9.17, 15) is 30.3 Å². The third-order valence-electron chi connectivity index (χ3n) is 14.6. The van der Waals surface area contributed by atoms with Gasteiger partial charge in [0.05, 0.1) is 18.3 Å². The quantitative estimate of drug-likeness (QED) is 0.265. The fourth-order valence-corrected chi connectivity index (χ4v) is 11.7. The summed E-state index contributed by atoms with van der Waals surface area (Å²) < 4.78 is 12.6. The molecular weight excluding hydrogens is 560 g/mol. The number of ketones is 1. The molecule has 0 aromatic carbocycles. The largest absolute Gasteiger partial charge is 0.394 e. The number of rotatable bonds is 8. The lowest BCUT2D eigenvalue weighted by Crippen LogP contribution is -2.66. The van der Waals surface area contributed by atoms with E-state index in [-0.39, 0.29) is 45.5 Å². The van der Waals surface area contributed by atoms with Crippen LogP contribution in [0.25, 0.3) is 0 Å².